The van der Waals surface area contributed by atoms with Gasteiger partial charge in [0, 0.05) is 21.7 Å². The number of rotatable bonds is 8. The molecule has 3 aromatic carbocycles. The number of nitrogens with zero attached hydrogens (tertiary/aromatic N) is 1. The number of carbonyl (C=O) groups excluding carboxylic acids is 2. The third kappa shape index (κ3) is 5.48. The summed E-state index contributed by atoms with van der Waals surface area (Å²) in [5.74, 6) is 1.03. The number of esters is 1. The number of amides is 1. The lowest BCUT2D eigenvalue weighted by Gasteiger charge is -2.09. The molecule has 0 fully saturated rings. The highest BCUT2D eigenvalue weighted by atomic mass is 35.5. The highest BCUT2D eigenvalue weighted by Crippen LogP contribution is 2.35. The highest BCUT2D eigenvalue weighted by molar-refractivity contribution is 6.35. The van der Waals surface area contributed by atoms with Crippen molar-refractivity contribution in [2.24, 2.45) is 0 Å². The third-order valence-electron chi connectivity index (χ3n) is 5.10. The van der Waals surface area contributed by atoms with Crippen molar-refractivity contribution in [1.82, 2.24) is 10.3 Å². The Morgan fingerprint density at radius 3 is 2.61 bits per heavy atom. The fourth-order valence-corrected chi connectivity index (χ4v) is 3.97. The summed E-state index contributed by atoms with van der Waals surface area (Å²) in [7, 11) is 0. The quantitative estimate of drug-likeness (QED) is 0.254. The summed E-state index contributed by atoms with van der Waals surface area (Å²) < 4.78 is 27.0. The molecule has 4 aromatic rings. The molecule has 1 aliphatic rings. The van der Waals surface area contributed by atoms with Crippen LogP contribution in [-0.4, -0.2) is 43.4 Å². The maximum atomic E-state index is 12.4. The maximum Gasteiger partial charge on any atom is 0.338 e. The molecule has 36 heavy (non-hydrogen) atoms. The second-order valence-corrected chi connectivity index (χ2v) is 8.52. The van der Waals surface area contributed by atoms with Crippen LogP contribution >= 0.6 is 23.2 Å². The first-order valence-electron chi connectivity index (χ1n) is 10.8. The first-order chi connectivity index (χ1) is 17.4. The molecule has 5 rings (SSSR count). The van der Waals surface area contributed by atoms with Gasteiger partial charge in [0.25, 0.3) is 5.91 Å². The minimum Gasteiger partial charge on any atom is -0.492 e. The van der Waals surface area contributed by atoms with E-state index in [9.17, 15) is 9.59 Å². The monoisotopic (exact) mass is 528 g/mol. The zero-order valence-electron chi connectivity index (χ0n) is 18.6. The van der Waals surface area contributed by atoms with Crippen LogP contribution in [0.5, 0.6) is 17.2 Å². The van der Waals surface area contributed by atoms with Gasteiger partial charge in [-0.2, -0.15) is 0 Å². The number of carbonyl (C=O) groups is 2. The first kappa shape index (κ1) is 23.8. The number of nitrogens with one attached hydrogen (secondary N) is 1. The predicted octanol–water partition coefficient (Wildman–Crippen LogP) is 4.88. The first-order valence-corrected chi connectivity index (χ1v) is 11.5. The summed E-state index contributed by atoms with van der Waals surface area (Å²) in [6, 6.07) is 14.8. The summed E-state index contributed by atoms with van der Waals surface area (Å²) >= 11 is 12.1. The van der Waals surface area contributed by atoms with Crippen molar-refractivity contribution in [2.45, 2.75) is 0 Å². The number of aromatic nitrogens is 1. The van der Waals surface area contributed by atoms with Gasteiger partial charge in [-0.05, 0) is 48.5 Å². The van der Waals surface area contributed by atoms with Gasteiger partial charge in [0.1, 0.15) is 17.9 Å². The van der Waals surface area contributed by atoms with Crippen LogP contribution in [0.4, 0.5) is 0 Å². The average molecular weight is 529 g/mol. The summed E-state index contributed by atoms with van der Waals surface area (Å²) in [4.78, 5) is 28.9. The summed E-state index contributed by atoms with van der Waals surface area (Å²) in [5.41, 5.74) is 1.73. The second-order valence-electron chi connectivity index (χ2n) is 7.65. The van der Waals surface area contributed by atoms with Crippen LogP contribution in [0.1, 0.15) is 10.4 Å². The molecular weight excluding hydrogens is 511 g/mol. The van der Waals surface area contributed by atoms with Gasteiger partial charge < -0.3 is 28.7 Å². The van der Waals surface area contributed by atoms with E-state index in [0.717, 1.165) is 0 Å². The highest BCUT2D eigenvalue weighted by Gasteiger charge is 2.16. The number of halogens is 2. The Morgan fingerprint density at radius 1 is 0.972 bits per heavy atom. The second kappa shape index (κ2) is 10.3. The van der Waals surface area contributed by atoms with Gasteiger partial charge in [-0.25, -0.2) is 9.78 Å². The van der Waals surface area contributed by atoms with E-state index >= 15 is 0 Å². The lowest BCUT2D eigenvalue weighted by molar-refractivity contribution is -0.124. The standard InChI is InChI=1S/C25H18Cl2N2O7/c26-16-7-15(8-17(27)10-16)24-29-19-3-1-14(9-21(19)36-24)25(31)33-12-23(30)28-5-6-32-18-2-4-20-22(11-18)35-13-34-20/h1-4,7-11H,5-6,12-13H2,(H,28,30). The summed E-state index contributed by atoms with van der Waals surface area (Å²) in [6.45, 7) is 0.190. The Hall–Kier alpha value is -3.95. The van der Waals surface area contributed by atoms with Crippen molar-refractivity contribution in [3.63, 3.8) is 0 Å². The van der Waals surface area contributed by atoms with Gasteiger partial charge in [0.05, 0.1) is 12.1 Å². The van der Waals surface area contributed by atoms with Crippen LogP contribution in [-0.2, 0) is 9.53 Å². The van der Waals surface area contributed by atoms with E-state index in [1.807, 2.05) is 0 Å². The summed E-state index contributed by atoms with van der Waals surface area (Å²) in [6.07, 6.45) is 0. The molecular formula is C25H18Cl2N2O7. The average Bonchev–Trinajstić information content (AvgIpc) is 3.50. The lowest BCUT2D eigenvalue weighted by Crippen LogP contribution is -2.32. The molecule has 0 spiro atoms. The Morgan fingerprint density at radius 2 is 1.78 bits per heavy atom. The van der Waals surface area contributed by atoms with Gasteiger partial charge in [0.2, 0.25) is 12.7 Å². The zero-order valence-corrected chi connectivity index (χ0v) is 20.1. The van der Waals surface area contributed by atoms with E-state index in [2.05, 4.69) is 10.3 Å². The molecule has 0 bridgehead atoms. The Bertz CT molecular complexity index is 1430. The van der Waals surface area contributed by atoms with E-state index in [1.54, 1.807) is 48.5 Å². The Kier molecular flexibility index (Phi) is 6.84. The van der Waals surface area contributed by atoms with E-state index in [1.165, 1.54) is 6.07 Å². The van der Waals surface area contributed by atoms with Crippen LogP contribution in [0.2, 0.25) is 10.0 Å². The van der Waals surface area contributed by atoms with Crippen molar-refractivity contribution >= 4 is 46.2 Å². The summed E-state index contributed by atoms with van der Waals surface area (Å²) in [5, 5.41) is 3.52. The Balaban J connectivity index is 1.11. The van der Waals surface area contributed by atoms with Gasteiger partial charge >= 0.3 is 5.97 Å². The molecule has 1 aromatic heterocycles. The minimum atomic E-state index is -0.674. The molecule has 9 nitrogen and oxygen atoms in total. The van der Waals surface area contributed by atoms with E-state index in [4.69, 9.17) is 46.6 Å². The number of benzene rings is 3. The van der Waals surface area contributed by atoms with E-state index < -0.39 is 18.5 Å². The zero-order chi connectivity index (χ0) is 25.1. The number of ether oxygens (including phenoxy) is 4. The van der Waals surface area contributed by atoms with Crippen LogP contribution < -0.4 is 19.5 Å². The largest absolute Gasteiger partial charge is 0.492 e. The van der Waals surface area contributed by atoms with Crippen molar-refractivity contribution in [3.05, 3.63) is 70.2 Å². The van der Waals surface area contributed by atoms with Crippen molar-refractivity contribution in [1.29, 1.82) is 0 Å². The molecule has 0 atom stereocenters. The molecule has 1 aliphatic heterocycles. The minimum absolute atomic E-state index is 0.180. The third-order valence-corrected chi connectivity index (χ3v) is 5.54. The van der Waals surface area contributed by atoms with Crippen LogP contribution in [0.15, 0.2) is 59.0 Å². The maximum absolute atomic E-state index is 12.4. The molecule has 184 valence electrons. The number of fused-ring (bicyclic) bond motifs is 2. The number of oxazole rings is 1. The topological polar surface area (TPSA) is 109 Å². The fraction of sp³-hybridized carbons (Fsp3) is 0.160. The van der Waals surface area contributed by atoms with Gasteiger partial charge in [-0.15, -0.1) is 0 Å². The molecule has 1 N–H and O–H groups in total. The van der Waals surface area contributed by atoms with Crippen LogP contribution in [0, 0.1) is 0 Å². The molecule has 1 amide bonds. The smallest absolute Gasteiger partial charge is 0.338 e. The van der Waals surface area contributed by atoms with Crippen molar-refractivity contribution < 1.29 is 33.0 Å². The van der Waals surface area contributed by atoms with Crippen molar-refractivity contribution in [3.8, 4) is 28.7 Å². The fourth-order valence-electron chi connectivity index (χ4n) is 3.44. The molecule has 0 unspecified atom stereocenters. The van der Waals surface area contributed by atoms with Gasteiger partial charge in [-0.1, -0.05) is 23.2 Å². The van der Waals surface area contributed by atoms with Crippen LogP contribution in [0.25, 0.3) is 22.6 Å². The van der Waals surface area contributed by atoms with Crippen LogP contribution in [0.3, 0.4) is 0 Å². The lowest BCUT2D eigenvalue weighted by atomic mass is 10.2. The predicted molar refractivity (Wildman–Crippen MR) is 131 cm³/mol. The van der Waals surface area contributed by atoms with Gasteiger partial charge in [0.15, 0.2) is 23.7 Å². The molecule has 0 aliphatic carbocycles. The van der Waals surface area contributed by atoms with E-state index in [0.29, 0.717) is 49.8 Å². The normalized spacial score (nSPS) is 11.9. The molecule has 0 saturated carbocycles. The number of hydrogen-bond donors (Lipinski definition) is 1. The SMILES string of the molecule is O=C(COC(=O)c1ccc2nc(-c3cc(Cl)cc(Cl)c3)oc2c1)NCCOc1ccc2c(c1)OCO2. The Labute approximate surface area is 214 Å². The van der Waals surface area contributed by atoms with E-state index in [-0.39, 0.29) is 25.5 Å². The molecule has 0 radical (unpaired) electrons. The number of hydrogen-bond acceptors (Lipinski definition) is 8. The molecule has 0 saturated heterocycles. The van der Waals surface area contributed by atoms with Crippen molar-refractivity contribution in [2.75, 3.05) is 26.6 Å². The molecule has 11 heteroatoms. The molecule has 2 heterocycles. The van der Waals surface area contributed by atoms with Gasteiger partial charge in [-0.3, -0.25) is 4.79 Å².